The molecule has 0 heterocycles. The smallest absolute Gasteiger partial charge is 0.307 e. The first-order chi connectivity index (χ1) is 8.22. The number of carboxylic acids is 1. The predicted octanol–water partition coefficient (Wildman–Crippen LogP) is 0.701. The molecule has 0 radical (unpaired) electrons. The van der Waals surface area contributed by atoms with E-state index in [0.29, 0.717) is 31.1 Å². The van der Waals surface area contributed by atoms with E-state index in [1.807, 2.05) is 0 Å². The Kier molecular flexibility index (Phi) is 6.06. The van der Waals surface area contributed by atoms with Gasteiger partial charge in [0.05, 0.1) is 26.2 Å². The topological polar surface area (TPSA) is 76.0 Å². The summed E-state index contributed by atoms with van der Waals surface area (Å²) in [5.41, 5.74) is 0.700. The van der Waals surface area contributed by atoms with Crippen LogP contribution in [0.25, 0.3) is 0 Å². The molecule has 1 aromatic rings. The summed E-state index contributed by atoms with van der Waals surface area (Å²) in [5, 5.41) is 17.1. The van der Waals surface area contributed by atoms with E-state index in [2.05, 4.69) is 0 Å². The summed E-state index contributed by atoms with van der Waals surface area (Å²) < 4.78 is 10.4. The number of rotatable bonds is 8. The fourth-order valence-corrected chi connectivity index (χ4v) is 1.30. The molecule has 0 aliphatic heterocycles. The van der Waals surface area contributed by atoms with Crippen molar-refractivity contribution in [2.75, 3.05) is 26.4 Å². The maximum Gasteiger partial charge on any atom is 0.307 e. The van der Waals surface area contributed by atoms with Gasteiger partial charge in [-0.1, -0.05) is 12.1 Å². The minimum Gasteiger partial charge on any atom is -0.491 e. The molecule has 1 rings (SSSR count). The number of carbonyl (C=O) groups is 1. The van der Waals surface area contributed by atoms with Crippen LogP contribution in [0.3, 0.4) is 0 Å². The molecule has 0 saturated heterocycles. The summed E-state index contributed by atoms with van der Waals surface area (Å²) in [6.07, 6.45) is -0.0157. The first kappa shape index (κ1) is 13.5. The molecule has 0 aliphatic carbocycles. The van der Waals surface area contributed by atoms with Gasteiger partial charge in [0.2, 0.25) is 0 Å². The number of aliphatic hydroxyl groups is 1. The number of aliphatic hydroxyl groups excluding tert-OH is 1. The maximum atomic E-state index is 10.5. The van der Waals surface area contributed by atoms with Gasteiger partial charge < -0.3 is 19.7 Å². The van der Waals surface area contributed by atoms with E-state index < -0.39 is 5.97 Å². The van der Waals surface area contributed by atoms with Crippen LogP contribution in [-0.4, -0.2) is 42.6 Å². The Labute approximate surface area is 99.6 Å². The van der Waals surface area contributed by atoms with E-state index in [9.17, 15) is 4.79 Å². The van der Waals surface area contributed by atoms with Crippen molar-refractivity contribution in [1.29, 1.82) is 0 Å². The molecule has 0 unspecified atom stereocenters. The van der Waals surface area contributed by atoms with E-state index in [4.69, 9.17) is 19.7 Å². The Bertz CT molecular complexity index is 351. The third-order valence-corrected chi connectivity index (χ3v) is 1.99. The molecule has 17 heavy (non-hydrogen) atoms. The van der Waals surface area contributed by atoms with Crippen LogP contribution in [0.2, 0.25) is 0 Å². The maximum absolute atomic E-state index is 10.5. The molecule has 0 bridgehead atoms. The van der Waals surface area contributed by atoms with Crippen molar-refractivity contribution in [3.8, 4) is 5.75 Å². The summed E-state index contributed by atoms with van der Waals surface area (Å²) in [6.45, 7) is 1.05. The van der Waals surface area contributed by atoms with Gasteiger partial charge in [0.25, 0.3) is 0 Å². The van der Waals surface area contributed by atoms with Gasteiger partial charge >= 0.3 is 5.97 Å². The Morgan fingerprint density at radius 1 is 1.24 bits per heavy atom. The van der Waals surface area contributed by atoms with Crippen LogP contribution in [0, 0.1) is 0 Å². The first-order valence-corrected chi connectivity index (χ1v) is 5.34. The Balaban J connectivity index is 2.35. The second-order valence-corrected chi connectivity index (χ2v) is 3.40. The van der Waals surface area contributed by atoms with Crippen LogP contribution < -0.4 is 4.74 Å². The van der Waals surface area contributed by atoms with E-state index in [0.717, 1.165) is 0 Å². The number of hydrogen-bond donors (Lipinski definition) is 2. The van der Waals surface area contributed by atoms with Crippen LogP contribution in [0.15, 0.2) is 24.3 Å². The summed E-state index contributed by atoms with van der Waals surface area (Å²) in [7, 11) is 0. The Morgan fingerprint density at radius 2 is 2.06 bits per heavy atom. The SMILES string of the molecule is O=C(O)Cc1cccc(OCCOCCO)c1. The number of ether oxygens (including phenoxy) is 2. The molecule has 5 nitrogen and oxygen atoms in total. The molecule has 1 aromatic carbocycles. The van der Waals surface area contributed by atoms with E-state index >= 15 is 0 Å². The molecule has 2 N–H and O–H groups in total. The van der Waals surface area contributed by atoms with Crippen molar-refractivity contribution < 1.29 is 24.5 Å². The predicted molar refractivity (Wildman–Crippen MR) is 61.2 cm³/mol. The van der Waals surface area contributed by atoms with Crippen molar-refractivity contribution in [3.05, 3.63) is 29.8 Å². The number of hydrogen-bond acceptors (Lipinski definition) is 4. The molecule has 5 heteroatoms. The van der Waals surface area contributed by atoms with Gasteiger partial charge in [0.1, 0.15) is 12.4 Å². The fourth-order valence-electron chi connectivity index (χ4n) is 1.30. The minimum absolute atomic E-state index is 0.00586. The third-order valence-electron chi connectivity index (χ3n) is 1.99. The zero-order valence-electron chi connectivity index (χ0n) is 9.46. The van der Waals surface area contributed by atoms with Crippen molar-refractivity contribution in [3.63, 3.8) is 0 Å². The van der Waals surface area contributed by atoms with Crippen LogP contribution in [-0.2, 0) is 16.0 Å². The second-order valence-electron chi connectivity index (χ2n) is 3.40. The normalized spacial score (nSPS) is 10.2. The highest BCUT2D eigenvalue weighted by Crippen LogP contribution is 2.13. The summed E-state index contributed by atoms with van der Waals surface area (Å²) >= 11 is 0. The molecular weight excluding hydrogens is 224 g/mol. The van der Waals surface area contributed by atoms with Gasteiger partial charge in [-0.05, 0) is 17.7 Å². The van der Waals surface area contributed by atoms with Crippen molar-refractivity contribution in [2.24, 2.45) is 0 Å². The fraction of sp³-hybridized carbons (Fsp3) is 0.417. The molecule has 0 spiro atoms. The van der Waals surface area contributed by atoms with Crippen molar-refractivity contribution in [2.45, 2.75) is 6.42 Å². The lowest BCUT2D eigenvalue weighted by Crippen LogP contribution is -2.09. The standard InChI is InChI=1S/C12H16O5/c13-4-5-16-6-7-17-11-3-1-2-10(8-11)9-12(14)15/h1-3,8,13H,4-7,9H2,(H,14,15). The average Bonchev–Trinajstić information content (AvgIpc) is 2.28. The minimum atomic E-state index is -0.867. The highest BCUT2D eigenvalue weighted by Gasteiger charge is 2.01. The highest BCUT2D eigenvalue weighted by atomic mass is 16.5. The molecule has 0 fully saturated rings. The van der Waals surface area contributed by atoms with Crippen molar-refractivity contribution >= 4 is 5.97 Å². The lowest BCUT2D eigenvalue weighted by Gasteiger charge is -2.07. The average molecular weight is 240 g/mol. The monoisotopic (exact) mass is 240 g/mol. The second kappa shape index (κ2) is 7.65. The lowest BCUT2D eigenvalue weighted by molar-refractivity contribution is -0.136. The first-order valence-electron chi connectivity index (χ1n) is 5.34. The summed E-state index contributed by atoms with van der Waals surface area (Å²) in [6, 6.07) is 6.95. The van der Waals surface area contributed by atoms with E-state index in [1.54, 1.807) is 24.3 Å². The summed E-state index contributed by atoms with van der Waals surface area (Å²) in [4.78, 5) is 10.5. The zero-order chi connectivity index (χ0) is 12.5. The van der Waals surface area contributed by atoms with E-state index in [1.165, 1.54) is 0 Å². The van der Waals surface area contributed by atoms with Gasteiger partial charge in [-0.25, -0.2) is 0 Å². The Morgan fingerprint density at radius 3 is 2.76 bits per heavy atom. The highest BCUT2D eigenvalue weighted by molar-refractivity contribution is 5.70. The van der Waals surface area contributed by atoms with Crippen LogP contribution in [0.5, 0.6) is 5.75 Å². The van der Waals surface area contributed by atoms with Gasteiger partial charge in [0.15, 0.2) is 0 Å². The van der Waals surface area contributed by atoms with Gasteiger partial charge in [-0.2, -0.15) is 0 Å². The molecule has 94 valence electrons. The number of aliphatic carboxylic acids is 1. The number of carboxylic acid groups (broad SMARTS) is 1. The van der Waals surface area contributed by atoms with Crippen LogP contribution in [0.1, 0.15) is 5.56 Å². The molecule has 0 aromatic heterocycles. The molecule has 0 saturated carbocycles. The zero-order valence-corrected chi connectivity index (χ0v) is 9.46. The molecule has 0 aliphatic rings. The molecular formula is C12H16O5. The van der Waals surface area contributed by atoms with Gasteiger partial charge in [-0.15, -0.1) is 0 Å². The third kappa shape index (κ3) is 5.89. The molecule has 0 atom stereocenters. The largest absolute Gasteiger partial charge is 0.491 e. The quantitative estimate of drug-likeness (QED) is 0.654. The van der Waals surface area contributed by atoms with Gasteiger partial charge in [-0.3, -0.25) is 4.79 Å². The van der Waals surface area contributed by atoms with Crippen molar-refractivity contribution in [1.82, 2.24) is 0 Å². The number of benzene rings is 1. The summed E-state index contributed by atoms with van der Waals surface area (Å²) in [5.74, 6) is -0.246. The van der Waals surface area contributed by atoms with Crippen LogP contribution in [0.4, 0.5) is 0 Å². The van der Waals surface area contributed by atoms with Gasteiger partial charge in [0, 0.05) is 0 Å². The van der Waals surface area contributed by atoms with Crippen LogP contribution >= 0.6 is 0 Å². The Hall–Kier alpha value is -1.59. The molecule has 0 amide bonds. The van der Waals surface area contributed by atoms with E-state index in [-0.39, 0.29) is 13.0 Å². The lowest BCUT2D eigenvalue weighted by atomic mass is 10.1.